The quantitative estimate of drug-likeness (QED) is 0.904. The van der Waals surface area contributed by atoms with Crippen molar-refractivity contribution in [1.29, 1.82) is 0 Å². The van der Waals surface area contributed by atoms with E-state index in [9.17, 15) is 14.7 Å². The molecule has 2 aromatic heterocycles. The van der Waals surface area contributed by atoms with Gasteiger partial charge in [-0.15, -0.1) is 0 Å². The first-order valence-corrected chi connectivity index (χ1v) is 7.77. The Kier molecular flexibility index (Phi) is 4.24. The van der Waals surface area contributed by atoms with E-state index in [1.54, 1.807) is 35.8 Å². The molecule has 0 radical (unpaired) electrons. The van der Waals surface area contributed by atoms with Gasteiger partial charge in [-0.3, -0.25) is 9.59 Å². The predicted molar refractivity (Wildman–Crippen MR) is 85.9 cm³/mol. The van der Waals surface area contributed by atoms with Crippen molar-refractivity contribution in [2.24, 2.45) is 0 Å². The molecule has 0 unspecified atom stereocenters. The summed E-state index contributed by atoms with van der Waals surface area (Å²) in [5.41, 5.74) is 0.605. The van der Waals surface area contributed by atoms with Gasteiger partial charge >= 0.3 is 0 Å². The molecule has 0 spiro atoms. The van der Waals surface area contributed by atoms with Gasteiger partial charge in [0.1, 0.15) is 17.3 Å². The van der Waals surface area contributed by atoms with Gasteiger partial charge in [0.05, 0.1) is 5.56 Å². The number of pyridine rings is 1. The first-order chi connectivity index (χ1) is 11.5. The smallest absolute Gasteiger partial charge is 0.276 e. The van der Waals surface area contributed by atoms with Crippen LogP contribution in [0.15, 0.2) is 28.8 Å². The molecule has 0 aromatic carbocycles. The van der Waals surface area contributed by atoms with E-state index in [4.69, 9.17) is 4.42 Å². The molecule has 7 nitrogen and oxygen atoms in total. The van der Waals surface area contributed by atoms with Crippen LogP contribution in [0.2, 0.25) is 0 Å². The second-order valence-electron chi connectivity index (χ2n) is 5.78. The molecule has 1 N–H and O–H groups in total. The summed E-state index contributed by atoms with van der Waals surface area (Å²) < 4.78 is 5.41. The third-order valence-electron chi connectivity index (χ3n) is 4.11. The van der Waals surface area contributed by atoms with E-state index in [1.807, 2.05) is 0 Å². The molecule has 2 amide bonds. The van der Waals surface area contributed by atoms with Crippen molar-refractivity contribution >= 4 is 11.8 Å². The molecule has 7 heteroatoms. The summed E-state index contributed by atoms with van der Waals surface area (Å²) in [6.45, 7) is 5.24. The van der Waals surface area contributed by atoms with E-state index in [0.29, 0.717) is 43.3 Å². The van der Waals surface area contributed by atoms with E-state index in [2.05, 4.69) is 4.98 Å². The zero-order valence-corrected chi connectivity index (χ0v) is 13.7. The van der Waals surface area contributed by atoms with Crippen LogP contribution in [0.1, 0.15) is 32.4 Å². The van der Waals surface area contributed by atoms with Crippen LogP contribution in [-0.2, 0) is 0 Å². The van der Waals surface area contributed by atoms with Gasteiger partial charge in [-0.1, -0.05) is 0 Å². The minimum absolute atomic E-state index is 0.0404. The Labute approximate surface area is 139 Å². The van der Waals surface area contributed by atoms with Crippen LogP contribution in [-0.4, -0.2) is 57.9 Å². The number of aromatic nitrogens is 1. The zero-order valence-electron chi connectivity index (χ0n) is 13.7. The van der Waals surface area contributed by atoms with Crippen molar-refractivity contribution < 1.29 is 19.1 Å². The van der Waals surface area contributed by atoms with Crippen LogP contribution in [0, 0.1) is 13.8 Å². The lowest BCUT2D eigenvalue weighted by Crippen LogP contribution is -2.50. The lowest BCUT2D eigenvalue weighted by atomic mass is 10.2. The number of furan rings is 1. The van der Waals surface area contributed by atoms with Gasteiger partial charge in [0.15, 0.2) is 5.69 Å². The van der Waals surface area contributed by atoms with Crippen LogP contribution in [0.25, 0.3) is 0 Å². The SMILES string of the molecule is Cc1cc(C(=O)N2CCN(C(=O)c3ncccc3O)CC2)c(C)o1. The number of amides is 2. The van der Waals surface area contributed by atoms with Gasteiger partial charge in [0, 0.05) is 32.4 Å². The first-order valence-electron chi connectivity index (χ1n) is 7.77. The number of carbonyl (C=O) groups excluding carboxylic acids is 2. The molecule has 0 atom stereocenters. The Morgan fingerprint density at radius 3 is 2.29 bits per heavy atom. The van der Waals surface area contributed by atoms with Gasteiger partial charge in [0.2, 0.25) is 0 Å². The fraction of sp³-hybridized carbons (Fsp3) is 0.353. The molecular formula is C17H19N3O4. The lowest BCUT2D eigenvalue weighted by molar-refractivity contribution is 0.0529. The third-order valence-corrected chi connectivity index (χ3v) is 4.11. The monoisotopic (exact) mass is 329 g/mol. The Balaban J connectivity index is 1.66. The van der Waals surface area contributed by atoms with Gasteiger partial charge in [-0.2, -0.15) is 0 Å². The average Bonchev–Trinajstić information content (AvgIpc) is 2.92. The predicted octanol–water partition coefficient (Wildman–Crippen LogP) is 1.60. The largest absolute Gasteiger partial charge is 0.505 e. The molecule has 1 saturated heterocycles. The Morgan fingerprint density at radius 2 is 1.75 bits per heavy atom. The van der Waals surface area contributed by atoms with E-state index < -0.39 is 0 Å². The van der Waals surface area contributed by atoms with E-state index in [0.717, 1.165) is 0 Å². The maximum absolute atomic E-state index is 12.5. The molecule has 1 aliphatic rings. The number of carbonyl (C=O) groups is 2. The van der Waals surface area contributed by atoms with Crippen molar-refractivity contribution in [3.05, 3.63) is 47.2 Å². The summed E-state index contributed by atoms with van der Waals surface area (Å²) in [6, 6.07) is 4.74. The Morgan fingerprint density at radius 1 is 1.12 bits per heavy atom. The number of nitrogens with zero attached hydrogens (tertiary/aromatic N) is 3. The highest BCUT2D eigenvalue weighted by Crippen LogP contribution is 2.19. The fourth-order valence-electron chi connectivity index (χ4n) is 2.84. The van der Waals surface area contributed by atoms with Gasteiger partial charge in [0.25, 0.3) is 11.8 Å². The van der Waals surface area contributed by atoms with Crippen LogP contribution in [0.5, 0.6) is 5.75 Å². The van der Waals surface area contributed by atoms with Crippen molar-refractivity contribution in [2.45, 2.75) is 13.8 Å². The molecule has 3 heterocycles. The minimum Gasteiger partial charge on any atom is -0.505 e. The summed E-state index contributed by atoms with van der Waals surface area (Å²) >= 11 is 0. The summed E-state index contributed by atoms with van der Waals surface area (Å²) in [5.74, 6) is 0.767. The molecule has 3 rings (SSSR count). The number of aryl methyl sites for hydroxylation is 2. The standard InChI is InChI=1S/C17H19N3O4/c1-11-10-13(12(2)24-11)16(22)19-6-8-20(9-7-19)17(23)15-14(21)4-3-5-18-15/h3-5,10,21H,6-9H2,1-2H3. The lowest BCUT2D eigenvalue weighted by Gasteiger charge is -2.34. The molecule has 0 bridgehead atoms. The zero-order chi connectivity index (χ0) is 17.3. The van der Waals surface area contributed by atoms with Crippen LogP contribution in [0.3, 0.4) is 0 Å². The van der Waals surface area contributed by atoms with E-state index in [-0.39, 0.29) is 23.3 Å². The topological polar surface area (TPSA) is 86.9 Å². The summed E-state index contributed by atoms with van der Waals surface area (Å²) in [4.78, 5) is 32.2. The summed E-state index contributed by atoms with van der Waals surface area (Å²) in [6.07, 6.45) is 1.47. The van der Waals surface area contributed by atoms with E-state index >= 15 is 0 Å². The minimum atomic E-state index is -0.324. The third kappa shape index (κ3) is 2.97. The molecular weight excluding hydrogens is 310 g/mol. The Hall–Kier alpha value is -2.83. The first kappa shape index (κ1) is 16.0. The second-order valence-corrected chi connectivity index (χ2v) is 5.78. The van der Waals surface area contributed by atoms with E-state index in [1.165, 1.54) is 12.3 Å². The van der Waals surface area contributed by atoms with Crippen LogP contribution < -0.4 is 0 Å². The number of hydrogen-bond donors (Lipinski definition) is 1. The fourth-order valence-corrected chi connectivity index (χ4v) is 2.84. The van der Waals surface area contributed by atoms with Gasteiger partial charge < -0.3 is 19.3 Å². The van der Waals surface area contributed by atoms with Gasteiger partial charge in [-0.25, -0.2) is 4.98 Å². The maximum Gasteiger partial charge on any atom is 0.276 e. The molecule has 0 saturated carbocycles. The molecule has 24 heavy (non-hydrogen) atoms. The summed E-state index contributed by atoms with van der Waals surface area (Å²) in [7, 11) is 0. The number of hydrogen-bond acceptors (Lipinski definition) is 5. The van der Waals surface area contributed by atoms with Crippen molar-refractivity contribution in [2.75, 3.05) is 26.2 Å². The molecule has 1 aliphatic heterocycles. The number of aromatic hydroxyl groups is 1. The molecule has 1 fully saturated rings. The molecule has 0 aliphatic carbocycles. The molecule has 126 valence electrons. The normalized spacial score (nSPS) is 14.8. The highest BCUT2D eigenvalue weighted by Gasteiger charge is 2.28. The second kappa shape index (κ2) is 6.35. The van der Waals surface area contributed by atoms with Crippen LogP contribution >= 0.6 is 0 Å². The van der Waals surface area contributed by atoms with Crippen molar-refractivity contribution in [3.63, 3.8) is 0 Å². The average molecular weight is 329 g/mol. The number of rotatable bonds is 2. The van der Waals surface area contributed by atoms with Crippen molar-refractivity contribution in [3.8, 4) is 5.75 Å². The molecule has 2 aromatic rings. The summed E-state index contributed by atoms with van der Waals surface area (Å²) in [5, 5.41) is 9.75. The van der Waals surface area contributed by atoms with Gasteiger partial charge in [-0.05, 0) is 32.0 Å². The maximum atomic E-state index is 12.5. The van der Waals surface area contributed by atoms with Crippen molar-refractivity contribution in [1.82, 2.24) is 14.8 Å². The number of piperazine rings is 1. The Bertz CT molecular complexity index is 776. The highest BCUT2D eigenvalue weighted by atomic mass is 16.3. The highest BCUT2D eigenvalue weighted by molar-refractivity contribution is 5.96. The van der Waals surface area contributed by atoms with Crippen LogP contribution in [0.4, 0.5) is 0 Å².